The molecule has 2 rings (SSSR count). The fraction of sp³-hybridized carbons (Fsp3) is 0.933. The van der Waals surface area contributed by atoms with Gasteiger partial charge in [0.2, 0.25) is 5.91 Å². The highest BCUT2D eigenvalue weighted by atomic mass is 16.2. The van der Waals surface area contributed by atoms with E-state index in [-0.39, 0.29) is 5.91 Å². The Morgan fingerprint density at radius 1 is 1.11 bits per heavy atom. The van der Waals surface area contributed by atoms with Gasteiger partial charge in [0.05, 0.1) is 0 Å². The molecular formula is C15H28N2O. The highest BCUT2D eigenvalue weighted by Crippen LogP contribution is 2.30. The lowest BCUT2D eigenvalue weighted by molar-refractivity contribution is -0.129. The van der Waals surface area contributed by atoms with E-state index in [4.69, 9.17) is 0 Å². The van der Waals surface area contributed by atoms with E-state index in [0.29, 0.717) is 12.1 Å². The first-order valence-corrected chi connectivity index (χ1v) is 7.59. The second-order valence-electron chi connectivity index (χ2n) is 6.32. The molecule has 1 amide bonds. The van der Waals surface area contributed by atoms with Crippen LogP contribution < -0.4 is 5.32 Å². The summed E-state index contributed by atoms with van der Waals surface area (Å²) in [6.07, 6.45) is 6.34. The monoisotopic (exact) mass is 252 g/mol. The van der Waals surface area contributed by atoms with E-state index < -0.39 is 0 Å². The second kappa shape index (κ2) is 6.05. The van der Waals surface area contributed by atoms with Gasteiger partial charge in [0.25, 0.3) is 0 Å². The second-order valence-corrected chi connectivity index (χ2v) is 6.32. The molecule has 0 aromatic rings. The largest absolute Gasteiger partial charge is 0.343 e. The molecule has 0 aromatic carbocycles. The average molecular weight is 252 g/mol. The van der Waals surface area contributed by atoms with Gasteiger partial charge in [0.1, 0.15) is 0 Å². The number of rotatable bonds is 2. The fourth-order valence-corrected chi connectivity index (χ4v) is 3.48. The van der Waals surface area contributed by atoms with Crippen molar-refractivity contribution in [2.75, 3.05) is 13.1 Å². The van der Waals surface area contributed by atoms with Crippen LogP contribution in [0.5, 0.6) is 0 Å². The molecule has 0 aromatic heterocycles. The Hall–Kier alpha value is -0.570. The van der Waals surface area contributed by atoms with Crippen LogP contribution in [0.2, 0.25) is 0 Å². The minimum atomic E-state index is 0.230. The Labute approximate surface area is 111 Å². The molecule has 1 aliphatic carbocycles. The van der Waals surface area contributed by atoms with Gasteiger partial charge in [0, 0.05) is 32.1 Å². The van der Waals surface area contributed by atoms with E-state index >= 15 is 0 Å². The van der Waals surface area contributed by atoms with Crippen LogP contribution in [0.3, 0.4) is 0 Å². The normalized spacial score (nSPS) is 34.6. The molecule has 1 saturated heterocycles. The zero-order valence-electron chi connectivity index (χ0n) is 12.1. The smallest absolute Gasteiger partial charge is 0.219 e. The molecular weight excluding hydrogens is 224 g/mol. The van der Waals surface area contributed by atoms with Crippen molar-refractivity contribution in [3.63, 3.8) is 0 Å². The van der Waals surface area contributed by atoms with Gasteiger partial charge in [0.15, 0.2) is 0 Å². The van der Waals surface area contributed by atoms with Crippen LogP contribution in [0.4, 0.5) is 0 Å². The van der Waals surface area contributed by atoms with Gasteiger partial charge in [-0.15, -0.1) is 0 Å². The molecule has 0 bridgehead atoms. The molecule has 18 heavy (non-hydrogen) atoms. The van der Waals surface area contributed by atoms with Crippen molar-refractivity contribution in [3.8, 4) is 0 Å². The molecule has 2 aliphatic rings. The van der Waals surface area contributed by atoms with E-state index in [0.717, 1.165) is 37.8 Å². The highest BCUT2D eigenvalue weighted by Gasteiger charge is 2.30. The number of likely N-dealkylation sites (tertiary alicyclic amines) is 1. The summed E-state index contributed by atoms with van der Waals surface area (Å²) in [6, 6.07) is 1.32. The SMILES string of the molecule is CC(=O)N1CCC(N[C@@H]2CCC[C@@H](C)[C@H]2C)CC1. The fourth-order valence-electron chi connectivity index (χ4n) is 3.48. The zero-order valence-corrected chi connectivity index (χ0v) is 12.1. The summed E-state index contributed by atoms with van der Waals surface area (Å²) >= 11 is 0. The van der Waals surface area contributed by atoms with Gasteiger partial charge in [-0.3, -0.25) is 4.79 Å². The molecule has 1 heterocycles. The number of hydrogen-bond acceptors (Lipinski definition) is 2. The average Bonchev–Trinajstić information content (AvgIpc) is 2.36. The first-order chi connectivity index (χ1) is 8.58. The van der Waals surface area contributed by atoms with Crippen molar-refractivity contribution < 1.29 is 4.79 Å². The number of amides is 1. The number of nitrogens with zero attached hydrogens (tertiary/aromatic N) is 1. The third kappa shape index (κ3) is 3.25. The Bertz CT molecular complexity index is 284. The lowest BCUT2D eigenvalue weighted by Crippen LogP contribution is -2.50. The van der Waals surface area contributed by atoms with Crippen LogP contribution >= 0.6 is 0 Å². The van der Waals surface area contributed by atoms with Crippen molar-refractivity contribution in [3.05, 3.63) is 0 Å². The molecule has 1 saturated carbocycles. The van der Waals surface area contributed by atoms with Crippen molar-refractivity contribution in [1.29, 1.82) is 0 Å². The minimum Gasteiger partial charge on any atom is -0.343 e. The molecule has 0 radical (unpaired) electrons. The predicted molar refractivity (Wildman–Crippen MR) is 74.4 cm³/mol. The Balaban J connectivity index is 1.79. The van der Waals surface area contributed by atoms with E-state index in [2.05, 4.69) is 19.2 Å². The number of carbonyl (C=O) groups is 1. The van der Waals surface area contributed by atoms with E-state index in [1.807, 2.05) is 4.90 Å². The van der Waals surface area contributed by atoms with Crippen LogP contribution in [-0.2, 0) is 4.79 Å². The van der Waals surface area contributed by atoms with Crippen LogP contribution in [0, 0.1) is 11.8 Å². The molecule has 2 fully saturated rings. The Morgan fingerprint density at radius 2 is 1.78 bits per heavy atom. The van der Waals surface area contributed by atoms with Gasteiger partial charge in [-0.25, -0.2) is 0 Å². The van der Waals surface area contributed by atoms with Gasteiger partial charge in [-0.2, -0.15) is 0 Å². The van der Waals surface area contributed by atoms with Crippen LogP contribution in [0.1, 0.15) is 52.9 Å². The maximum atomic E-state index is 11.3. The Morgan fingerprint density at radius 3 is 2.39 bits per heavy atom. The van der Waals surface area contributed by atoms with Crippen molar-refractivity contribution in [1.82, 2.24) is 10.2 Å². The summed E-state index contributed by atoms with van der Waals surface area (Å²) in [5.41, 5.74) is 0. The summed E-state index contributed by atoms with van der Waals surface area (Å²) in [4.78, 5) is 13.3. The van der Waals surface area contributed by atoms with Crippen LogP contribution in [0.15, 0.2) is 0 Å². The number of hydrogen-bond donors (Lipinski definition) is 1. The molecule has 1 N–H and O–H groups in total. The third-order valence-electron chi connectivity index (χ3n) is 5.10. The summed E-state index contributed by atoms with van der Waals surface area (Å²) < 4.78 is 0. The molecule has 0 unspecified atom stereocenters. The standard InChI is InChI=1S/C15H28N2O/c1-11-5-4-6-15(12(11)2)16-14-7-9-17(10-8-14)13(3)18/h11-12,14-16H,4-10H2,1-3H3/t11-,12-,15-/m1/s1. The lowest BCUT2D eigenvalue weighted by atomic mass is 9.77. The maximum Gasteiger partial charge on any atom is 0.219 e. The lowest BCUT2D eigenvalue weighted by Gasteiger charge is -2.39. The van der Waals surface area contributed by atoms with E-state index in [1.54, 1.807) is 6.92 Å². The quantitative estimate of drug-likeness (QED) is 0.818. The van der Waals surface area contributed by atoms with Gasteiger partial charge >= 0.3 is 0 Å². The first kappa shape index (κ1) is 13.9. The van der Waals surface area contributed by atoms with E-state index in [9.17, 15) is 4.79 Å². The summed E-state index contributed by atoms with van der Waals surface area (Å²) in [5, 5.41) is 3.86. The predicted octanol–water partition coefficient (Wildman–Crippen LogP) is 2.41. The third-order valence-corrected chi connectivity index (χ3v) is 5.10. The van der Waals surface area contributed by atoms with Crippen molar-refractivity contribution in [2.45, 2.75) is 65.0 Å². The highest BCUT2D eigenvalue weighted by molar-refractivity contribution is 5.73. The first-order valence-electron chi connectivity index (χ1n) is 7.59. The van der Waals surface area contributed by atoms with Crippen LogP contribution in [0.25, 0.3) is 0 Å². The molecule has 3 nitrogen and oxygen atoms in total. The summed E-state index contributed by atoms with van der Waals surface area (Å²) in [5.74, 6) is 1.88. The minimum absolute atomic E-state index is 0.230. The molecule has 0 spiro atoms. The Kier molecular flexibility index (Phi) is 4.66. The maximum absolute atomic E-state index is 11.3. The molecule has 3 heteroatoms. The van der Waals surface area contributed by atoms with Gasteiger partial charge < -0.3 is 10.2 Å². The van der Waals surface area contributed by atoms with Crippen molar-refractivity contribution in [2.24, 2.45) is 11.8 Å². The van der Waals surface area contributed by atoms with Gasteiger partial charge in [-0.1, -0.05) is 26.7 Å². The zero-order chi connectivity index (χ0) is 13.1. The van der Waals surface area contributed by atoms with Crippen LogP contribution in [-0.4, -0.2) is 36.0 Å². The number of nitrogens with one attached hydrogen (secondary N) is 1. The van der Waals surface area contributed by atoms with Crippen molar-refractivity contribution >= 4 is 5.91 Å². The van der Waals surface area contributed by atoms with E-state index in [1.165, 1.54) is 19.3 Å². The number of piperidine rings is 1. The van der Waals surface area contributed by atoms with Gasteiger partial charge in [-0.05, 0) is 31.1 Å². The summed E-state index contributed by atoms with van der Waals surface area (Å²) in [6.45, 7) is 8.33. The molecule has 104 valence electrons. The molecule has 1 aliphatic heterocycles. The topological polar surface area (TPSA) is 32.3 Å². The molecule has 3 atom stereocenters. The number of carbonyl (C=O) groups excluding carboxylic acids is 1. The summed E-state index contributed by atoms with van der Waals surface area (Å²) in [7, 11) is 0.